The van der Waals surface area contributed by atoms with Crippen molar-refractivity contribution in [2.45, 2.75) is 13.8 Å². The summed E-state index contributed by atoms with van der Waals surface area (Å²) in [7, 11) is 0. The molecule has 0 saturated heterocycles. The minimum atomic E-state index is -0.0780. The average Bonchev–Trinajstić information content (AvgIpc) is 2.82. The Hall–Kier alpha value is -2.24. The quantitative estimate of drug-likeness (QED) is 0.837. The first kappa shape index (κ1) is 11.3. The topological polar surface area (TPSA) is 83.6 Å². The van der Waals surface area contributed by atoms with Crippen molar-refractivity contribution in [3.8, 4) is 11.4 Å². The molecule has 2 aromatic heterocycles. The van der Waals surface area contributed by atoms with Crippen LogP contribution in [0.4, 0.5) is 5.82 Å². The highest BCUT2D eigenvalue weighted by Gasteiger charge is 2.09. The van der Waals surface area contributed by atoms with E-state index in [1.54, 1.807) is 18.3 Å². The number of hydrogen-bond donors (Lipinski definition) is 2. The van der Waals surface area contributed by atoms with Crippen LogP contribution in [-0.2, 0) is 4.79 Å². The molecular formula is C11H13N5O. The SMILES string of the molecule is CC(C)C(=O)Nc1cc(-c2ncn[nH]2)ccn1. The van der Waals surface area contributed by atoms with Gasteiger partial charge in [-0.25, -0.2) is 9.97 Å². The first-order chi connectivity index (χ1) is 8.16. The third-order valence-corrected chi connectivity index (χ3v) is 2.22. The van der Waals surface area contributed by atoms with Crippen molar-refractivity contribution in [3.63, 3.8) is 0 Å². The second-order valence-electron chi connectivity index (χ2n) is 3.91. The molecule has 0 aliphatic heterocycles. The van der Waals surface area contributed by atoms with Crippen LogP contribution < -0.4 is 5.32 Å². The van der Waals surface area contributed by atoms with Crippen molar-refractivity contribution in [3.05, 3.63) is 24.7 Å². The molecule has 6 heteroatoms. The summed E-state index contributed by atoms with van der Waals surface area (Å²) in [5.74, 6) is 1.02. The number of amides is 1. The van der Waals surface area contributed by atoms with Gasteiger partial charge in [-0.1, -0.05) is 13.8 Å². The number of aromatic nitrogens is 4. The molecule has 0 fully saturated rings. The van der Waals surface area contributed by atoms with Gasteiger partial charge in [0, 0.05) is 17.7 Å². The van der Waals surface area contributed by atoms with E-state index in [4.69, 9.17) is 0 Å². The van der Waals surface area contributed by atoms with Crippen LogP contribution in [0.15, 0.2) is 24.7 Å². The van der Waals surface area contributed by atoms with Gasteiger partial charge in [0.25, 0.3) is 0 Å². The Labute approximate surface area is 98.5 Å². The first-order valence-electron chi connectivity index (χ1n) is 5.29. The molecule has 2 heterocycles. The van der Waals surface area contributed by atoms with Crippen LogP contribution in [0.3, 0.4) is 0 Å². The fraction of sp³-hybridized carbons (Fsp3) is 0.273. The van der Waals surface area contributed by atoms with Gasteiger partial charge in [0.15, 0.2) is 5.82 Å². The molecule has 6 nitrogen and oxygen atoms in total. The monoisotopic (exact) mass is 231 g/mol. The molecule has 2 aromatic rings. The second-order valence-corrected chi connectivity index (χ2v) is 3.91. The van der Waals surface area contributed by atoms with Gasteiger partial charge >= 0.3 is 0 Å². The summed E-state index contributed by atoms with van der Waals surface area (Å²) in [5.41, 5.74) is 0.830. The van der Waals surface area contributed by atoms with Crippen molar-refractivity contribution in [1.82, 2.24) is 20.2 Å². The lowest BCUT2D eigenvalue weighted by molar-refractivity contribution is -0.118. The maximum atomic E-state index is 11.5. The van der Waals surface area contributed by atoms with Gasteiger partial charge in [0.1, 0.15) is 12.1 Å². The predicted molar refractivity (Wildman–Crippen MR) is 63.1 cm³/mol. The van der Waals surface area contributed by atoms with Crippen LogP contribution in [0.5, 0.6) is 0 Å². The molecule has 88 valence electrons. The highest BCUT2D eigenvalue weighted by atomic mass is 16.1. The van der Waals surface area contributed by atoms with Gasteiger partial charge in [-0.15, -0.1) is 0 Å². The number of pyridine rings is 1. The van der Waals surface area contributed by atoms with Crippen molar-refractivity contribution in [1.29, 1.82) is 0 Å². The van der Waals surface area contributed by atoms with Gasteiger partial charge in [-0.3, -0.25) is 9.89 Å². The number of nitrogens with one attached hydrogen (secondary N) is 2. The van der Waals surface area contributed by atoms with Crippen LogP contribution >= 0.6 is 0 Å². The lowest BCUT2D eigenvalue weighted by Crippen LogP contribution is -2.18. The molecule has 0 bridgehead atoms. The van der Waals surface area contributed by atoms with Crippen LogP contribution in [0.2, 0.25) is 0 Å². The van der Waals surface area contributed by atoms with Crippen LogP contribution in [0.1, 0.15) is 13.8 Å². The van der Waals surface area contributed by atoms with Crippen LogP contribution in [0.25, 0.3) is 11.4 Å². The zero-order valence-corrected chi connectivity index (χ0v) is 9.64. The summed E-state index contributed by atoms with van der Waals surface area (Å²) < 4.78 is 0. The molecule has 0 unspecified atom stereocenters. The number of anilines is 1. The molecule has 2 rings (SSSR count). The average molecular weight is 231 g/mol. The molecule has 17 heavy (non-hydrogen) atoms. The summed E-state index contributed by atoms with van der Waals surface area (Å²) in [5, 5.41) is 9.26. The smallest absolute Gasteiger partial charge is 0.228 e. The van der Waals surface area contributed by atoms with Crippen LogP contribution in [0, 0.1) is 5.92 Å². The van der Waals surface area contributed by atoms with Gasteiger partial charge in [0.05, 0.1) is 0 Å². The minimum Gasteiger partial charge on any atom is -0.310 e. The Morgan fingerprint density at radius 3 is 2.88 bits per heavy atom. The second kappa shape index (κ2) is 4.73. The normalized spacial score (nSPS) is 10.5. The van der Waals surface area contributed by atoms with Crippen molar-refractivity contribution >= 4 is 11.7 Å². The van der Waals surface area contributed by atoms with E-state index in [1.165, 1.54) is 6.33 Å². The predicted octanol–water partition coefficient (Wildman–Crippen LogP) is 1.46. The van der Waals surface area contributed by atoms with Crippen LogP contribution in [-0.4, -0.2) is 26.1 Å². The maximum absolute atomic E-state index is 11.5. The number of rotatable bonds is 3. The lowest BCUT2D eigenvalue weighted by Gasteiger charge is -2.07. The highest BCUT2D eigenvalue weighted by molar-refractivity contribution is 5.91. The van der Waals surface area contributed by atoms with E-state index in [0.717, 1.165) is 5.56 Å². The van der Waals surface area contributed by atoms with Crippen molar-refractivity contribution < 1.29 is 4.79 Å². The summed E-state index contributed by atoms with van der Waals surface area (Å²) in [4.78, 5) is 19.6. The molecular weight excluding hydrogens is 218 g/mol. The molecule has 0 radical (unpaired) electrons. The number of carbonyl (C=O) groups is 1. The third-order valence-electron chi connectivity index (χ3n) is 2.22. The summed E-state index contributed by atoms with van der Waals surface area (Å²) in [6.45, 7) is 3.66. The van der Waals surface area contributed by atoms with Crippen molar-refractivity contribution in [2.24, 2.45) is 5.92 Å². The Morgan fingerprint density at radius 2 is 2.24 bits per heavy atom. The standard InChI is InChI=1S/C11H13N5O/c1-7(2)11(17)15-9-5-8(3-4-12-9)10-13-6-14-16-10/h3-7H,1-2H3,(H,12,15,17)(H,13,14,16). The zero-order valence-electron chi connectivity index (χ0n) is 9.64. The van der Waals surface area contributed by atoms with Gasteiger partial charge in [-0.05, 0) is 12.1 Å². The Morgan fingerprint density at radius 1 is 1.41 bits per heavy atom. The van der Waals surface area contributed by atoms with Gasteiger partial charge in [-0.2, -0.15) is 5.10 Å². The molecule has 0 spiro atoms. The third kappa shape index (κ3) is 2.66. The Balaban J connectivity index is 2.20. The summed E-state index contributed by atoms with van der Waals surface area (Å²) >= 11 is 0. The Kier molecular flexibility index (Phi) is 3.13. The van der Waals surface area contributed by atoms with E-state index in [1.807, 2.05) is 13.8 Å². The summed E-state index contributed by atoms with van der Waals surface area (Å²) in [6.07, 6.45) is 3.05. The van der Waals surface area contributed by atoms with E-state index in [-0.39, 0.29) is 11.8 Å². The fourth-order valence-electron chi connectivity index (χ4n) is 1.26. The fourth-order valence-corrected chi connectivity index (χ4v) is 1.26. The van der Waals surface area contributed by atoms with E-state index >= 15 is 0 Å². The molecule has 0 aliphatic rings. The Bertz CT molecular complexity index is 506. The lowest BCUT2D eigenvalue weighted by atomic mass is 10.2. The number of hydrogen-bond acceptors (Lipinski definition) is 4. The number of aromatic amines is 1. The maximum Gasteiger partial charge on any atom is 0.228 e. The number of nitrogens with zero attached hydrogens (tertiary/aromatic N) is 3. The van der Waals surface area contributed by atoms with Crippen molar-refractivity contribution in [2.75, 3.05) is 5.32 Å². The van der Waals surface area contributed by atoms with Gasteiger partial charge in [0.2, 0.25) is 5.91 Å². The molecule has 0 atom stereocenters. The highest BCUT2D eigenvalue weighted by Crippen LogP contribution is 2.16. The molecule has 2 N–H and O–H groups in total. The first-order valence-corrected chi connectivity index (χ1v) is 5.29. The molecule has 0 saturated carbocycles. The minimum absolute atomic E-state index is 0.0628. The van der Waals surface area contributed by atoms with E-state index in [0.29, 0.717) is 11.6 Å². The zero-order chi connectivity index (χ0) is 12.3. The summed E-state index contributed by atoms with van der Waals surface area (Å²) in [6, 6.07) is 3.55. The van der Waals surface area contributed by atoms with E-state index in [9.17, 15) is 4.79 Å². The largest absolute Gasteiger partial charge is 0.310 e. The van der Waals surface area contributed by atoms with E-state index in [2.05, 4.69) is 25.5 Å². The molecule has 1 amide bonds. The molecule has 0 aliphatic carbocycles. The molecule has 0 aromatic carbocycles. The number of H-pyrrole nitrogens is 1. The van der Waals surface area contributed by atoms with E-state index < -0.39 is 0 Å². The van der Waals surface area contributed by atoms with Gasteiger partial charge < -0.3 is 5.32 Å². The number of carbonyl (C=O) groups excluding carboxylic acids is 1.